The highest BCUT2D eigenvalue weighted by Crippen LogP contribution is 2.04. The molecule has 0 aliphatic heterocycles. The van der Waals surface area contributed by atoms with Crippen molar-refractivity contribution >= 4 is 8.72 Å². The molecular formula is C10H25NO2Si. The molecule has 86 valence electrons. The number of hydrogen-bond donors (Lipinski definition) is 1. The minimum atomic E-state index is -2.06. The Hall–Kier alpha value is 0.0969. The Morgan fingerprint density at radius 1 is 0.929 bits per heavy atom. The summed E-state index contributed by atoms with van der Waals surface area (Å²) < 4.78 is 11.6. The third-order valence-corrected chi connectivity index (χ3v) is 4.26. The summed E-state index contributed by atoms with van der Waals surface area (Å²) in [7, 11) is -2.06. The van der Waals surface area contributed by atoms with Crippen molar-refractivity contribution in [2.45, 2.75) is 46.6 Å². The van der Waals surface area contributed by atoms with Crippen LogP contribution < -0.4 is 4.98 Å². The predicted molar refractivity (Wildman–Crippen MR) is 62.4 cm³/mol. The smallest absolute Gasteiger partial charge is 0.383 e. The summed E-state index contributed by atoms with van der Waals surface area (Å²) in [5.41, 5.74) is 0. The van der Waals surface area contributed by atoms with E-state index in [0.29, 0.717) is 0 Å². The maximum Gasteiger partial charge on any atom is 0.421 e. The third-order valence-electron chi connectivity index (χ3n) is 1.86. The highest BCUT2D eigenvalue weighted by Gasteiger charge is 2.30. The Morgan fingerprint density at radius 3 is 1.79 bits per heavy atom. The first-order valence-electron chi connectivity index (χ1n) is 5.71. The molecule has 1 N–H and O–H groups in total. The molecule has 4 heteroatoms. The summed E-state index contributed by atoms with van der Waals surface area (Å²) in [5.74, 6) is 0. The van der Waals surface area contributed by atoms with Crippen LogP contribution in [-0.2, 0) is 8.85 Å². The van der Waals surface area contributed by atoms with Gasteiger partial charge in [-0.3, -0.25) is 4.98 Å². The van der Waals surface area contributed by atoms with Crippen LogP contribution in [0.4, 0.5) is 0 Å². The van der Waals surface area contributed by atoms with Gasteiger partial charge in [0.25, 0.3) is 0 Å². The van der Waals surface area contributed by atoms with Crippen LogP contribution in [0, 0.1) is 0 Å². The van der Waals surface area contributed by atoms with Crippen LogP contribution >= 0.6 is 0 Å². The molecule has 0 spiro atoms. The molecule has 0 aliphatic rings. The molecule has 14 heavy (non-hydrogen) atoms. The quantitative estimate of drug-likeness (QED) is 0.604. The van der Waals surface area contributed by atoms with E-state index in [0.717, 1.165) is 39.0 Å². The first-order valence-corrected chi connectivity index (χ1v) is 8.03. The maximum absolute atomic E-state index is 5.79. The van der Waals surface area contributed by atoms with Gasteiger partial charge in [0.1, 0.15) is 0 Å². The van der Waals surface area contributed by atoms with Gasteiger partial charge < -0.3 is 8.85 Å². The summed E-state index contributed by atoms with van der Waals surface area (Å²) in [5, 5.41) is 0. The molecule has 0 rings (SSSR count). The van der Waals surface area contributed by atoms with Crippen molar-refractivity contribution in [2.24, 2.45) is 0 Å². The lowest BCUT2D eigenvalue weighted by Gasteiger charge is -2.27. The highest BCUT2D eigenvalue weighted by molar-refractivity contribution is 6.63. The lowest BCUT2D eigenvalue weighted by molar-refractivity contribution is 0.163. The highest BCUT2D eigenvalue weighted by atomic mass is 28.4. The van der Waals surface area contributed by atoms with Gasteiger partial charge >= 0.3 is 8.72 Å². The molecule has 0 radical (unpaired) electrons. The van der Waals surface area contributed by atoms with E-state index in [1.807, 2.05) is 0 Å². The van der Waals surface area contributed by atoms with Gasteiger partial charge in [0.05, 0.1) is 0 Å². The fourth-order valence-corrected chi connectivity index (χ4v) is 3.27. The standard InChI is InChI=1S/C10H25NO2Si/c1-5-8-11-14(4,12-9-6-2)13-10-7-3/h11H,5-10H2,1-4H3. The second kappa shape index (κ2) is 8.41. The van der Waals surface area contributed by atoms with Gasteiger partial charge in [-0.15, -0.1) is 0 Å². The van der Waals surface area contributed by atoms with Crippen molar-refractivity contribution in [2.75, 3.05) is 19.8 Å². The van der Waals surface area contributed by atoms with Gasteiger partial charge in [-0.2, -0.15) is 0 Å². The van der Waals surface area contributed by atoms with E-state index in [4.69, 9.17) is 8.85 Å². The van der Waals surface area contributed by atoms with Crippen molar-refractivity contribution in [3.8, 4) is 0 Å². The molecule has 0 aromatic carbocycles. The average molecular weight is 219 g/mol. The molecule has 3 nitrogen and oxygen atoms in total. The zero-order valence-electron chi connectivity index (χ0n) is 10.1. The van der Waals surface area contributed by atoms with Crippen LogP contribution in [0.2, 0.25) is 6.55 Å². The Morgan fingerprint density at radius 2 is 1.43 bits per heavy atom. The van der Waals surface area contributed by atoms with Crippen molar-refractivity contribution < 1.29 is 8.85 Å². The van der Waals surface area contributed by atoms with E-state index in [2.05, 4.69) is 32.3 Å². The van der Waals surface area contributed by atoms with E-state index in [1.165, 1.54) is 0 Å². The zero-order chi connectivity index (χ0) is 10.9. The van der Waals surface area contributed by atoms with E-state index < -0.39 is 8.72 Å². The van der Waals surface area contributed by atoms with Crippen LogP contribution in [0.1, 0.15) is 40.0 Å². The summed E-state index contributed by atoms with van der Waals surface area (Å²) >= 11 is 0. The van der Waals surface area contributed by atoms with Crippen LogP contribution in [0.25, 0.3) is 0 Å². The molecule has 0 fully saturated rings. The third kappa shape index (κ3) is 6.54. The van der Waals surface area contributed by atoms with Crippen molar-refractivity contribution in [1.29, 1.82) is 0 Å². The first-order chi connectivity index (χ1) is 6.68. The van der Waals surface area contributed by atoms with E-state index in [-0.39, 0.29) is 0 Å². The lowest BCUT2D eigenvalue weighted by atomic mass is 10.5. The van der Waals surface area contributed by atoms with E-state index in [9.17, 15) is 0 Å². The molecule has 0 unspecified atom stereocenters. The number of rotatable bonds is 9. The normalized spacial score (nSPS) is 12.0. The molecule has 0 saturated carbocycles. The van der Waals surface area contributed by atoms with Crippen LogP contribution in [0.5, 0.6) is 0 Å². The van der Waals surface area contributed by atoms with Gasteiger partial charge in [0.2, 0.25) is 0 Å². The minimum Gasteiger partial charge on any atom is -0.383 e. The van der Waals surface area contributed by atoms with Crippen LogP contribution in [0.3, 0.4) is 0 Å². The lowest BCUT2D eigenvalue weighted by Crippen LogP contribution is -2.54. The second-order valence-electron chi connectivity index (χ2n) is 3.57. The van der Waals surface area contributed by atoms with E-state index in [1.54, 1.807) is 0 Å². The van der Waals surface area contributed by atoms with Gasteiger partial charge in [-0.1, -0.05) is 20.8 Å². The summed E-state index contributed by atoms with van der Waals surface area (Å²) in [6.45, 7) is 11.1. The predicted octanol–water partition coefficient (Wildman–Crippen LogP) is 2.41. The van der Waals surface area contributed by atoms with Gasteiger partial charge in [0.15, 0.2) is 0 Å². The van der Waals surface area contributed by atoms with Crippen molar-refractivity contribution in [3.63, 3.8) is 0 Å². The molecule has 0 amide bonds. The van der Waals surface area contributed by atoms with Crippen LogP contribution in [-0.4, -0.2) is 28.5 Å². The number of hydrogen-bond acceptors (Lipinski definition) is 3. The summed E-state index contributed by atoms with van der Waals surface area (Å²) in [6.07, 6.45) is 3.21. The largest absolute Gasteiger partial charge is 0.421 e. The van der Waals surface area contributed by atoms with Crippen LogP contribution in [0.15, 0.2) is 0 Å². The van der Waals surface area contributed by atoms with E-state index >= 15 is 0 Å². The molecule has 0 atom stereocenters. The Labute approximate surface area is 89.5 Å². The Balaban J connectivity index is 3.89. The SMILES string of the molecule is CCCN[Si](C)(OCCC)OCCC. The molecule has 0 aromatic heterocycles. The molecule has 0 bridgehead atoms. The first kappa shape index (κ1) is 14.1. The second-order valence-corrected chi connectivity index (χ2v) is 6.39. The van der Waals surface area contributed by atoms with Gasteiger partial charge in [-0.05, 0) is 32.4 Å². The van der Waals surface area contributed by atoms with Gasteiger partial charge in [-0.25, -0.2) is 0 Å². The summed E-state index contributed by atoms with van der Waals surface area (Å²) in [4.78, 5) is 3.41. The summed E-state index contributed by atoms with van der Waals surface area (Å²) in [6, 6.07) is 0. The molecule has 0 saturated heterocycles. The molecular weight excluding hydrogens is 194 g/mol. The monoisotopic (exact) mass is 219 g/mol. The molecule has 0 heterocycles. The van der Waals surface area contributed by atoms with Crippen molar-refractivity contribution in [1.82, 2.24) is 4.98 Å². The Kier molecular flexibility index (Phi) is 8.47. The minimum absolute atomic E-state index is 0.795. The fourth-order valence-electron chi connectivity index (χ4n) is 1.09. The topological polar surface area (TPSA) is 30.5 Å². The maximum atomic E-state index is 5.79. The Bertz CT molecular complexity index is 112. The van der Waals surface area contributed by atoms with Crippen molar-refractivity contribution in [3.05, 3.63) is 0 Å². The molecule has 0 aromatic rings. The van der Waals surface area contributed by atoms with Gasteiger partial charge in [0, 0.05) is 13.2 Å². The average Bonchev–Trinajstić information content (AvgIpc) is 2.21. The zero-order valence-corrected chi connectivity index (χ0v) is 11.1. The number of nitrogens with one attached hydrogen (secondary N) is 1. The molecule has 0 aliphatic carbocycles. The fraction of sp³-hybridized carbons (Fsp3) is 1.00.